The molecule has 8 rings (SSSR count). The van der Waals surface area contributed by atoms with Crippen molar-refractivity contribution in [1.82, 2.24) is 0 Å². The van der Waals surface area contributed by atoms with Gasteiger partial charge in [-0.05, 0) is 109 Å². The van der Waals surface area contributed by atoms with Crippen molar-refractivity contribution >= 4 is 11.9 Å². The molecule has 0 spiro atoms. The molecule has 8 aliphatic rings. The Hall–Kier alpha value is -1.92. The van der Waals surface area contributed by atoms with Gasteiger partial charge in [0.1, 0.15) is 67.1 Å². The van der Waals surface area contributed by atoms with Gasteiger partial charge >= 0.3 is 11.9 Å². The van der Waals surface area contributed by atoms with Crippen molar-refractivity contribution in [3.05, 3.63) is 11.6 Å². The summed E-state index contributed by atoms with van der Waals surface area (Å²) in [5.41, 5.74) is -1.05. The molecule has 11 N–H and O–H groups in total. The number of rotatable bonds is 9. The molecule has 0 aromatic carbocycles. The summed E-state index contributed by atoms with van der Waals surface area (Å²) >= 11 is 0. The van der Waals surface area contributed by atoms with Gasteiger partial charge in [-0.3, -0.25) is 4.79 Å². The van der Waals surface area contributed by atoms with E-state index in [1.54, 1.807) is 0 Å². The van der Waals surface area contributed by atoms with Gasteiger partial charge in [0, 0.05) is 0 Å². The highest BCUT2D eigenvalue weighted by Gasteiger charge is 2.70. The maximum absolute atomic E-state index is 14.7. The first-order chi connectivity index (χ1) is 31.2. The largest absolute Gasteiger partial charge is 0.479 e. The lowest BCUT2D eigenvalue weighted by Crippen LogP contribution is -2.67. The van der Waals surface area contributed by atoms with Crippen molar-refractivity contribution < 1.29 is 94.2 Å². The van der Waals surface area contributed by atoms with Crippen LogP contribution in [0.3, 0.4) is 0 Å². The van der Waals surface area contributed by atoms with E-state index in [0.717, 1.165) is 38.5 Å². The Kier molecular flexibility index (Phi) is 13.8. The first-order valence-electron chi connectivity index (χ1n) is 24.3. The number of aliphatic hydroxyl groups is 10. The summed E-state index contributed by atoms with van der Waals surface area (Å²) in [4.78, 5) is 27.0. The molecular weight excluding hydrogens is 881 g/mol. The number of aliphatic hydroxyl groups excluding tert-OH is 10. The maximum Gasteiger partial charge on any atom is 0.335 e. The Morgan fingerprint density at radius 2 is 1.24 bits per heavy atom. The molecule has 3 saturated heterocycles. The van der Waals surface area contributed by atoms with Crippen LogP contribution in [0.2, 0.25) is 0 Å². The van der Waals surface area contributed by atoms with Gasteiger partial charge in [-0.1, -0.05) is 60.1 Å². The van der Waals surface area contributed by atoms with E-state index in [-0.39, 0.29) is 39.4 Å². The van der Waals surface area contributed by atoms with Crippen molar-refractivity contribution in [1.29, 1.82) is 0 Å². The predicted molar refractivity (Wildman–Crippen MR) is 231 cm³/mol. The summed E-state index contributed by atoms with van der Waals surface area (Å²) < 4.78 is 35.7. The van der Waals surface area contributed by atoms with Crippen LogP contribution in [-0.2, 0) is 38.0 Å². The van der Waals surface area contributed by atoms with Crippen molar-refractivity contribution in [2.45, 2.75) is 211 Å². The maximum atomic E-state index is 14.7. The number of esters is 1. The van der Waals surface area contributed by atoms with Gasteiger partial charge in [0.05, 0.1) is 24.7 Å². The minimum Gasteiger partial charge on any atom is -0.479 e. The number of hydrogen-bond donors (Lipinski definition) is 11. The molecule has 0 amide bonds. The lowest BCUT2D eigenvalue weighted by molar-refractivity contribution is -0.374. The summed E-state index contributed by atoms with van der Waals surface area (Å²) in [6.07, 6.45) is -16.4. The van der Waals surface area contributed by atoms with Gasteiger partial charge in [0.25, 0.3) is 0 Å². The standard InChI is InChI=1S/C48H76O19/c1-43(2)14-16-48(42(61)67-40-35(58)31(54)29(52)24(20-50)63-40)17-15-46(6)21(22(48)18-43)8-9-26-45(5)12-11-27(44(3,4)25(45)10-13-47(26,46)7)64-41-37(33(56)32(55)36(65-41)38(59)60)66-39-34(57)30(53)28(51)23(19-49)62-39/h8,22-37,39-41,49-58H,9-20H2,1-7H3,(H,59,60)/t22-,23-,24-,25-,26-,27+,28-,29-,30+,31+,32+,33+,34-,35-,36+,37-,39+,40+,41-,45+,46+,47-,48+/m1/s1. The molecule has 0 unspecified atom stereocenters. The number of carbonyl (C=O) groups is 2. The summed E-state index contributed by atoms with van der Waals surface area (Å²) in [6, 6.07) is 0. The molecule has 3 heterocycles. The summed E-state index contributed by atoms with van der Waals surface area (Å²) in [5.74, 6) is -1.94. The van der Waals surface area contributed by atoms with Crippen molar-refractivity contribution in [2.75, 3.05) is 13.2 Å². The number of fused-ring (bicyclic) bond motifs is 7. The molecule has 0 radical (unpaired) electrons. The molecule has 0 aromatic heterocycles. The van der Waals surface area contributed by atoms with E-state index in [9.17, 15) is 65.8 Å². The van der Waals surface area contributed by atoms with Gasteiger partial charge in [-0.15, -0.1) is 0 Å². The van der Waals surface area contributed by atoms with E-state index in [4.69, 9.17) is 28.4 Å². The quantitative estimate of drug-likeness (QED) is 0.0838. The third-order valence-corrected chi connectivity index (χ3v) is 19.3. The summed E-state index contributed by atoms with van der Waals surface area (Å²) in [5, 5.41) is 115. The Morgan fingerprint density at radius 1 is 0.642 bits per heavy atom. The Morgan fingerprint density at radius 3 is 1.85 bits per heavy atom. The summed E-state index contributed by atoms with van der Waals surface area (Å²) in [7, 11) is 0. The Bertz CT molecular complexity index is 1870. The number of aliphatic carboxylic acids is 1. The minimum absolute atomic E-state index is 0.0828. The second-order valence-corrected chi connectivity index (χ2v) is 23.5. The van der Waals surface area contributed by atoms with E-state index in [0.29, 0.717) is 25.7 Å². The first kappa shape index (κ1) is 51.4. The van der Waals surface area contributed by atoms with Crippen LogP contribution < -0.4 is 0 Å². The van der Waals surface area contributed by atoms with E-state index < -0.39 is 134 Å². The van der Waals surface area contributed by atoms with Crippen LogP contribution in [0.25, 0.3) is 0 Å². The molecular formula is C48H76O19. The number of hydrogen-bond acceptors (Lipinski definition) is 18. The molecule has 4 saturated carbocycles. The number of allylic oxidation sites excluding steroid dienone is 2. The molecule has 5 aliphatic carbocycles. The third kappa shape index (κ3) is 8.06. The molecule has 19 nitrogen and oxygen atoms in total. The van der Waals surface area contributed by atoms with Crippen molar-refractivity contribution in [3.63, 3.8) is 0 Å². The summed E-state index contributed by atoms with van der Waals surface area (Å²) in [6.45, 7) is 14.4. The van der Waals surface area contributed by atoms with Crippen LogP contribution in [0.1, 0.15) is 113 Å². The Labute approximate surface area is 391 Å². The zero-order valence-corrected chi connectivity index (χ0v) is 39.7. The average molecular weight is 957 g/mol. The number of carboxylic acids is 1. The molecule has 23 atom stereocenters. The molecule has 0 aromatic rings. The first-order valence-corrected chi connectivity index (χ1v) is 24.3. The lowest BCUT2D eigenvalue weighted by atomic mass is 9.33. The van der Waals surface area contributed by atoms with E-state index in [2.05, 4.69) is 54.5 Å². The van der Waals surface area contributed by atoms with Gasteiger partial charge < -0.3 is 84.6 Å². The normalized spacial score (nSPS) is 52.6. The van der Waals surface area contributed by atoms with Gasteiger partial charge in [0.15, 0.2) is 18.7 Å². The third-order valence-electron chi connectivity index (χ3n) is 19.3. The Balaban J connectivity index is 1.05. The van der Waals surface area contributed by atoms with E-state index >= 15 is 0 Å². The van der Waals surface area contributed by atoms with Crippen LogP contribution in [0.5, 0.6) is 0 Å². The van der Waals surface area contributed by atoms with Gasteiger partial charge in [0.2, 0.25) is 6.29 Å². The van der Waals surface area contributed by atoms with Crippen LogP contribution in [0, 0.1) is 50.2 Å². The number of carboxylic acid groups (broad SMARTS) is 1. The number of carbonyl (C=O) groups excluding carboxylic acids is 1. The lowest BCUT2D eigenvalue weighted by Gasteiger charge is -2.71. The SMILES string of the molecule is CC1(C)CC[C@]2(C(=O)O[C@@H]3O[C@H](CO)[C@@H](O)[C@H](O)[C@H]3O)CC[C@@]3(C)C(=CC[C@@H]4[C@@]5(C)CC[C@H](O[C@@H]6O[C@H](C(=O)O)[C@@H](O)[C@H](O)[C@H]6O[C@@H]6O[C@H](CO)[C@@H](O)[C@H](O)[C@H]6O)C(C)(C)[C@H]5CC[C@]43C)[C@H]2C1. The van der Waals surface area contributed by atoms with E-state index in [1.807, 2.05) is 0 Å². The molecule has 19 heteroatoms. The fraction of sp³-hybridized carbons (Fsp3) is 0.917. The zero-order chi connectivity index (χ0) is 49.1. The average Bonchev–Trinajstić information content (AvgIpc) is 3.26. The van der Waals surface area contributed by atoms with E-state index in [1.165, 1.54) is 5.57 Å². The van der Waals surface area contributed by atoms with Crippen LogP contribution >= 0.6 is 0 Å². The predicted octanol–water partition coefficient (Wildman–Crippen LogP) is 0.233. The molecule has 7 fully saturated rings. The van der Waals surface area contributed by atoms with Gasteiger partial charge in [-0.2, -0.15) is 0 Å². The van der Waals surface area contributed by atoms with Crippen LogP contribution in [0.15, 0.2) is 11.6 Å². The molecule has 382 valence electrons. The molecule has 0 bridgehead atoms. The second kappa shape index (κ2) is 18.0. The van der Waals surface area contributed by atoms with Crippen molar-refractivity contribution in [3.8, 4) is 0 Å². The van der Waals surface area contributed by atoms with Crippen molar-refractivity contribution in [2.24, 2.45) is 50.2 Å². The van der Waals surface area contributed by atoms with Crippen LogP contribution in [-0.4, -0.2) is 180 Å². The molecule has 3 aliphatic heterocycles. The monoisotopic (exact) mass is 956 g/mol. The molecule has 67 heavy (non-hydrogen) atoms. The van der Waals surface area contributed by atoms with Crippen LogP contribution in [0.4, 0.5) is 0 Å². The van der Waals surface area contributed by atoms with Gasteiger partial charge in [-0.25, -0.2) is 4.79 Å². The fourth-order valence-corrected chi connectivity index (χ4v) is 15.0. The second-order valence-electron chi connectivity index (χ2n) is 23.5. The highest BCUT2D eigenvalue weighted by Crippen LogP contribution is 2.76. The zero-order valence-electron chi connectivity index (χ0n) is 39.7. The highest BCUT2D eigenvalue weighted by atomic mass is 16.8. The fourth-order valence-electron chi connectivity index (χ4n) is 15.0. The number of ether oxygens (including phenoxy) is 6. The highest BCUT2D eigenvalue weighted by molar-refractivity contribution is 5.79. The minimum atomic E-state index is -1.98. The smallest absolute Gasteiger partial charge is 0.335 e. The topological polar surface area (TPSA) is 312 Å².